The highest BCUT2D eigenvalue weighted by atomic mass is 35.5. The van der Waals surface area contributed by atoms with E-state index in [1.807, 2.05) is 24.4 Å². The molecule has 0 aliphatic heterocycles. The maximum Gasteiger partial charge on any atom is 0.256 e. The van der Waals surface area contributed by atoms with E-state index < -0.39 is 10.0 Å². The molecule has 2 N–H and O–H groups in total. The van der Waals surface area contributed by atoms with Crippen LogP contribution >= 0.6 is 34.3 Å². The predicted octanol–water partition coefficient (Wildman–Crippen LogP) is 2.77. The first-order valence-electron chi connectivity index (χ1n) is 5.96. The van der Waals surface area contributed by atoms with E-state index >= 15 is 0 Å². The van der Waals surface area contributed by atoms with Crippen molar-refractivity contribution < 1.29 is 13.2 Å². The molecule has 2 aromatic rings. The van der Waals surface area contributed by atoms with Gasteiger partial charge in [-0.2, -0.15) is 0 Å². The Morgan fingerprint density at radius 3 is 2.67 bits per heavy atom. The van der Waals surface area contributed by atoms with E-state index in [1.54, 1.807) is 16.2 Å². The Morgan fingerprint density at radius 2 is 2.19 bits per heavy atom. The first-order valence-corrected chi connectivity index (χ1v) is 9.58. The highest BCUT2D eigenvalue weighted by Gasteiger charge is 2.23. The molecule has 0 fully saturated rings. The van der Waals surface area contributed by atoms with Gasteiger partial charge in [-0.15, -0.1) is 22.7 Å². The summed E-state index contributed by atoms with van der Waals surface area (Å²) in [4.78, 5) is 15.1. The highest BCUT2D eigenvalue weighted by molar-refractivity contribution is 7.91. The van der Waals surface area contributed by atoms with Gasteiger partial charge in [0.1, 0.15) is 8.55 Å². The smallest absolute Gasteiger partial charge is 0.256 e. The summed E-state index contributed by atoms with van der Waals surface area (Å²) in [7, 11) is -3.85. The number of rotatable bonds is 5. The highest BCUT2D eigenvalue weighted by Crippen LogP contribution is 2.31. The standard InChI is InChI=1S/C12H13ClN2O3S3/c1-2-15(7-8-4-3-5-19-8)12(16)9-6-10(20-11(9)13)21(14,17)18/h3-6H,2,7H2,1H3,(H2,14,17,18). The minimum Gasteiger partial charge on any atom is -0.334 e. The number of amides is 1. The van der Waals surface area contributed by atoms with E-state index in [9.17, 15) is 13.2 Å². The Balaban J connectivity index is 2.27. The first-order chi connectivity index (χ1) is 9.82. The van der Waals surface area contributed by atoms with Crippen molar-refractivity contribution in [1.82, 2.24) is 4.90 Å². The SMILES string of the molecule is CCN(Cc1cccs1)C(=O)c1cc(S(N)(=O)=O)sc1Cl. The number of primary sulfonamides is 1. The second kappa shape index (κ2) is 6.45. The molecule has 2 heterocycles. The molecule has 114 valence electrons. The molecular formula is C12H13ClN2O3S3. The summed E-state index contributed by atoms with van der Waals surface area (Å²) in [5.41, 5.74) is 0.170. The minimum absolute atomic E-state index is 0.108. The van der Waals surface area contributed by atoms with Gasteiger partial charge in [-0.1, -0.05) is 17.7 Å². The Labute approximate surface area is 136 Å². The van der Waals surface area contributed by atoms with Crippen LogP contribution in [0, 0.1) is 0 Å². The van der Waals surface area contributed by atoms with Crippen LogP contribution in [0.2, 0.25) is 4.34 Å². The number of nitrogens with zero attached hydrogens (tertiary/aromatic N) is 1. The quantitative estimate of drug-likeness (QED) is 0.885. The third-order valence-corrected chi connectivity index (χ3v) is 6.41. The summed E-state index contributed by atoms with van der Waals surface area (Å²) in [6.07, 6.45) is 0. The Morgan fingerprint density at radius 1 is 1.48 bits per heavy atom. The number of hydrogen-bond donors (Lipinski definition) is 1. The summed E-state index contributed by atoms with van der Waals surface area (Å²) in [5.74, 6) is -0.304. The van der Waals surface area contributed by atoms with Gasteiger partial charge in [0.05, 0.1) is 12.1 Å². The van der Waals surface area contributed by atoms with E-state index in [1.165, 1.54) is 6.07 Å². The van der Waals surface area contributed by atoms with Gasteiger partial charge in [-0.05, 0) is 24.4 Å². The molecule has 2 rings (SSSR count). The first kappa shape index (κ1) is 16.4. The zero-order chi connectivity index (χ0) is 15.6. The zero-order valence-electron chi connectivity index (χ0n) is 11.1. The molecule has 0 atom stereocenters. The Bertz CT molecular complexity index is 738. The van der Waals surface area contributed by atoms with Crippen molar-refractivity contribution in [2.45, 2.75) is 17.7 Å². The molecule has 0 aromatic carbocycles. The summed E-state index contributed by atoms with van der Waals surface area (Å²) in [6.45, 7) is 2.81. The van der Waals surface area contributed by atoms with Gasteiger partial charge in [0.15, 0.2) is 0 Å². The molecule has 9 heteroatoms. The molecule has 0 unspecified atom stereocenters. The lowest BCUT2D eigenvalue weighted by Gasteiger charge is -2.19. The van der Waals surface area contributed by atoms with E-state index in [-0.39, 0.29) is 20.0 Å². The average Bonchev–Trinajstić information content (AvgIpc) is 3.03. The molecule has 0 spiro atoms. The van der Waals surface area contributed by atoms with E-state index in [0.717, 1.165) is 16.2 Å². The third kappa shape index (κ3) is 3.83. The monoisotopic (exact) mass is 364 g/mol. The normalized spacial score (nSPS) is 11.6. The van der Waals surface area contributed by atoms with Gasteiger partial charge in [0, 0.05) is 11.4 Å². The lowest BCUT2D eigenvalue weighted by atomic mass is 10.3. The Kier molecular flexibility index (Phi) is 5.05. The van der Waals surface area contributed by atoms with Crippen molar-refractivity contribution in [3.8, 4) is 0 Å². The van der Waals surface area contributed by atoms with Gasteiger partial charge >= 0.3 is 0 Å². The number of halogens is 1. The number of carbonyl (C=O) groups is 1. The second-order valence-electron chi connectivity index (χ2n) is 4.20. The maximum atomic E-state index is 12.5. The molecule has 0 radical (unpaired) electrons. The number of thiophene rings is 2. The molecule has 21 heavy (non-hydrogen) atoms. The van der Waals surface area contributed by atoms with Gasteiger partial charge in [-0.3, -0.25) is 4.79 Å². The topological polar surface area (TPSA) is 80.5 Å². The fourth-order valence-corrected chi connectivity index (χ4v) is 4.57. The predicted molar refractivity (Wildman–Crippen MR) is 85.4 cm³/mol. The number of hydrogen-bond acceptors (Lipinski definition) is 5. The molecule has 0 saturated carbocycles. The summed E-state index contributed by atoms with van der Waals surface area (Å²) in [6, 6.07) is 5.09. The van der Waals surface area contributed by atoms with Crippen molar-refractivity contribution in [3.63, 3.8) is 0 Å². The maximum absolute atomic E-state index is 12.5. The van der Waals surface area contributed by atoms with Gasteiger partial charge in [0.25, 0.3) is 5.91 Å². The lowest BCUT2D eigenvalue weighted by molar-refractivity contribution is 0.0755. The van der Waals surface area contributed by atoms with Gasteiger partial charge in [-0.25, -0.2) is 13.6 Å². The van der Waals surface area contributed by atoms with Gasteiger partial charge < -0.3 is 4.90 Å². The van der Waals surface area contributed by atoms with Crippen LogP contribution in [0.4, 0.5) is 0 Å². The molecule has 0 saturated heterocycles. The average molecular weight is 365 g/mol. The van der Waals surface area contributed by atoms with Crippen molar-refractivity contribution in [1.29, 1.82) is 0 Å². The number of nitrogens with two attached hydrogens (primary N) is 1. The van der Waals surface area contributed by atoms with Gasteiger partial charge in [0.2, 0.25) is 10.0 Å². The molecular weight excluding hydrogens is 352 g/mol. The molecule has 1 amide bonds. The molecule has 0 bridgehead atoms. The molecule has 0 aliphatic rings. The number of sulfonamides is 1. The number of carbonyl (C=O) groups excluding carboxylic acids is 1. The molecule has 0 aliphatic carbocycles. The van der Waals surface area contributed by atoms with Crippen LogP contribution in [0.1, 0.15) is 22.2 Å². The van der Waals surface area contributed by atoms with Crippen LogP contribution < -0.4 is 5.14 Å². The van der Waals surface area contributed by atoms with Crippen LogP contribution in [0.15, 0.2) is 27.8 Å². The lowest BCUT2D eigenvalue weighted by Crippen LogP contribution is -2.29. The molecule has 5 nitrogen and oxygen atoms in total. The van der Waals surface area contributed by atoms with Crippen molar-refractivity contribution in [3.05, 3.63) is 38.4 Å². The third-order valence-electron chi connectivity index (χ3n) is 2.77. The largest absolute Gasteiger partial charge is 0.334 e. The van der Waals surface area contributed by atoms with Crippen LogP contribution in [-0.2, 0) is 16.6 Å². The van der Waals surface area contributed by atoms with E-state index in [4.69, 9.17) is 16.7 Å². The fraction of sp³-hybridized carbons (Fsp3) is 0.250. The van der Waals surface area contributed by atoms with Crippen molar-refractivity contribution in [2.75, 3.05) is 6.54 Å². The minimum atomic E-state index is -3.85. The summed E-state index contributed by atoms with van der Waals surface area (Å²) >= 11 is 8.33. The van der Waals surface area contributed by atoms with Crippen LogP contribution in [0.3, 0.4) is 0 Å². The van der Waals surface area contributed by atoms with Crippen LogP contribution in [-0.4, -0.2) is 25.8 Å². The van der Waals surface area contributed by atoms with Crippen molar-refractivity contribution >= 4 is 50.2 Å². The van der Waals surface area contributed by atoms with E-state index in [2.05, 4.69) is 0 Å². The Hall–Kier alpha value is -0.930. The summed E-state index contributed by atoms with van der Waals surface area (Å²) < 4.78 is 22.7. The summed E-state index contributed by atoms with van der Waals surface area (Å²) in [5, 5.41) is 6.99. The molecule has 2 aromatic heterocycles. The van der Waals surface area contributed by atoms with Crippen LogP contribution in [0.25, 0.3) is 0 Å². The van der Waals surface area contributed by atoms with E-state index in [0.29, 0.717) is 13.1 Å². The van der Waals surface area contributed by atoms with Crippen molar-refractivity contribution in [2.24, 2.45) is 5.14 Å². The van der Waals surface area contributed by atoms with Crippen LogP contribution in [0.5, 0.6) is 0 Å². The second-order valence-corrected chi connectivity index (χ2v) is 8.67. The zero-order valence-corrected chi connectivity index (χ0v) is 14.3. The fourth-order valence-electron chi connectivity index (χ4n) is 1.72.